The van der Waals surface area contributed by atoms with Crippen molar-refractivity contribution in [2.24, 2.45) is 0 Å². The zero-order valence-corrected chi connectivity index (χ0v) is 12.7. The highest BCUT2D eigenvalue weighted by Gasteiger charge is 2.17. The first-order chi connectivity index (χ1) is 9.13. The van der Waals surface area contributed by atoms with E-state index in [0.717, 1.165) is 52.0 Å². The fraction of sp³-hybridized carbons (Fsp3) is 0.929. The van der Waals surface area contributed by atoms with Crippen LogP contribution in [0.2, 0.25) is 0 Å². The minimum absolute atomic E-state index is 0.125. The third-order valence-corrected chi connectivity index (χ3v) is 3.50. The van der Waals surface area contributed by atoms with Gasteiger partial charge in [0.1, 0.15) is 6.61 Å². The highest BCUT2D eigenvalue weighted by molar-refractivity contribution is 5.77. The van der Waals surface area contributed by atoms with Crippen molar-refractivity contribution < 1.29 is 9.53 Å². The molecule has 0 aromatic heterocycles. The number of hydrogen-bond donors (Lipinski definition) is 1. The maximum Gasteiger partial charge on any atom is 0.248 e. The van der Waals surface area contributed by atoms with E-state index < -0.39 is 0 Å². The highest BCUT2D eigenvalue weighted by atomic mass is 16.5. The van der Waals surface area contributed by atoms with Gasteiger partial charge in [0.25, 0.3) is 0 Å². The molecule has 5 heteroatoms. The molecule has 1 aliphatic rings. The van der Waals surface area contributed by atoms with E-state index in [1.807, 2.05) is 11.8 Å². The summed E-state index contributed by atoms with van der Waals surface area (Å²) >= 11 is 0. The largest absolute Gasteiger partial charge is 0.368 e. The Morgan fingerprint density at radius 3 is 2.53 bits per heavy atom. The van der Waals surface area contributed by atoms with Crippen LogP contribution in [0.1, 0.15) is 26.2 Å². The van der Waals surface area contributed by atoms with Crippen LogP contribution in [-0.2, 0) is 9.53 Å². The first-order valence-electron chi connectivity index (χ1n) is 7.38. The summed E-state index contributed by atoms with van der Waals surface area (Å²) in [6.45, 7) is 6.86. The van der Waals surface area contributed by atoms with Crippen molar-refractivity contribution in [2.45, 2.75) is 32.3 Å². The van der Waals surface area contributed by atoms with E-state index in [-0.39, 0.29) is 18.6 Å². The third-order valence-electron chi connectivity index (χ3n) is 3.50. The number of ether oxygens (including phenoxy) is 1. The number of rotatable bonds is 8. The van der Waals surface area contributed by atoms with Gasteiger partial charge in [-0.2, -0.15) is 0 Å². The van der Waals surface area contributed by atoms with Crippen molar-refractivity contribution in [3.05, 3.63) is 0 Å². The van der Waals surface area contributed by atoms with Crippen LogP contribution in [0.15, 0.2) is 0 Å². The Labute approximate surface area is 117 Å². The Morgan fingerprint density at radius 2 is 1.95 bits per heavy atom. The molecule has 0 aliphatic carbocycles. The molecule has 0 aromatic rings. The lowest BCUT2D eigenvalue weighted by Crippen LogP contribution is -2.38. The lowest BCUT2D eigenvalue weighted by molar-refractivity contribution is -0.138. The maximum absolute atomic E-state index is 12.1. The Hall–Kier alpha value is -0.650. The Morgan fingerprint density at radius 1 is 1.26 bits per heavy atom. The minimum Gasteiger partial charge on any atom is -0.368 e. The van der Waals surface area contributed by atoms with Gasteiger partial charge in [-0.3, -0.25) is 4.79 Å². The van der Waals surface area contributed by atoms with Crippen LogP contribution in [0.4, 0.5) is 0 Å². The van der Waals surface area contributed by atoms with E-state index in [1.54, 1.807) is 0 Å². The van der Waals surface area contributed by atoms with E-state index >= 15 is 0 Å². The number of amides is 1. The van der Waals surface area contributed by atoms with Crippen molar-refractivity contribution in [3.8, 4) is 0 Å². The minimum atomic E-state index is 0.125. The molecule has 1 fully saturated rings. The molecular formula is C14H29N3O2. The van der Waals surface area contributed by atoms with Gasteiger partial charge in [-0.05, 0) is 59.9 Å². The van der Waals surface area contributed by atoms with Gasteiger partial charge in [-0.1, -0.05) is 0 Å². The van der Waals surface area contributed by atoms with Gasteiger partial charge < -0.3 is 19.9 Å². The number of carbonyl (C=O) groups excluding carboxylic acids is 1. The molecule has 1 rings (SSSR count). The Bertz CT molecular complexity index is 253. The van der Waals surface area contributed by atoms with E-state index in [2.05, 4.69) is 24.3 Å². The normalized spacial score (nSPS) is 16.8. The number of likely N-dealkylation sites (N-methyl/N-ethyl adjacent to an activating group) is 1. The molecule has 0 bridgehead atoms. The van der Waals surface area contributed by atoms with Gasteiger partial charge in [-0.25, -0.2) is 0 Å². The molecule has 0 unspecified atom stereocenters. The molecule has 1 aliphatic heterocycles. The van der Waals surface area contributed by atoms with Crippen LogP contribution in [0.25, 0.3) is 0 Å². The summed E-state index contributed by atoms with van der Waals surface area (Å²) in [6, 6.07) is 0. The molecule has 19 heavy (non-hydrogen) atoms. The van der Waals surface area contributed by atoms with Crippen molar-refractivity contribution >= 4 is 5.91 Å². The third kappa shape index (κ3) is 6.89. The van der Waals surface area contributed by atoms with Crippen LogP contribution in [0.5, 0.6) is 0 Å². The quantitative estimate of drug-likeness (QED) is 0.700. The molecule has 1 N–H and O–H groups in total. The first-order valence-corrected chi connectivity index (χ1v) is 7.38. The standard InChI is InChI=1S/C14H29N3O2/c1-4-17(11-5-10-16(2)3)14(18)12-19-13-6-8-15-9-7-13/h13,15H,4-12H2,1-3H3. The summed E-state index contributed by atoms with van der Waals surface area (Å²) < 4.78 is 5.71. The molecule has 0 atom stereocenters. The second kappa shape index (κ2) is 9.28. The molecule has 0 spiro atoms. The van der Waals surface area contributed by atoms with E-state index in [9.17, 15) is 4.79 Å². The lowest BCUT2D eigenvalue weighted by Gasteiger charge is -2.25. The second-order valence-corrected chi connectivity index (χ2v) is 5.39. The average molecular weight is 271 g/mol. The smallest absolute Gasteiger partial charge is 0.248 e. The molecule has 0 saturated carbocycles. The van der Waals surface area contributed by atoms with Gasteiger partial charge in [0, 0.05) is 13.1 Å². The van der Waals surface area contributed by atoms with Gasteiger partial charge in [0.2, 0.25) is 5.91 Å². The van der Waals surface area contributed by atoms with Crippen LogP contribution < -0.4 is 5.32 Å². The topological polar surface area (TPSA) is 44.8 Å². The molecule has 112 valence electrons. The fourth-order valence-corrected chi connectivity index (χ4v) is 2.28. The summed E-state index contributed by atoms with van der Waals surface area (Å²) in [6.07, 6.45) is 3.30. The number of nitrogens with zero attached hydrogens (tertiary/aromatic N) is 2. The summed E-state index contributed by atoms with van der Waals surface area (Å²) in [5.74, 6) is 0.125. The average Bonchev–Trinajstić information content (AvgIpc) is 2.42. The molecular weight excluding hydrogens is 242 g/mol. The SMILES string of the molecule is CCN(CCCN(C)C)C(=O)COC1CCNCC1. The summed E-state index contributed by atoms with van der Waals surface area (Å²) in [7, 11) is 4.11. The fourth-order valence-electron chi connectivity index (χ4n) is 2.28. The molecule has 1 heterocycles. The first kappa shape index (κ1) is 16.4. The Kier molecular flexibility index (Phi) is 8.02. The lowest BCUT2D eigenvalue weighted by atomic mass is 10.1. The predicted octanol–water partition coefficient (Wildman–Crippen LogP) is 0.555. The van der Waals surface area contributed by atoms with Crippen molar-refractivity contribution in [2.75, 3.05) is 53.4 Å². The summed E-state index contributed by atoms with van der Waals surface area (Å²) in [5, 5.41) is 3.29. The second-order valence-electron chi connectivity index (χ2n) is 5.39. The molecule has 1 amide bonds. The molecule has 0 aromatic carbocycles. The Balaban J connectivity index is 2.20. The molecule has 0 radical (unpaired) electrons. The maximum atomic E-state index is 12.1. The zero-order chi connectivity index (χ0) is 14.1. The van der Waals surface area contributed by atoms with Gasteiger partial charge in [0.15, 0.2) is 0 Å². The van der Waals surface area contributed by atoms with Gasteiger partial charge in [-0.15, -0.1) is 0 Å². The van der Waals surface area contributed by atoms with Gasteiger partial charge in [0.05, 0.1) is 6.10 Å². The van der Waals surface area contributed by atoms with Crippen LogP contribution in [-0.4, -0.2) is 75.2 Å². The van der Waals surface area contributed by atoms with Crippen LogP contribution in [0, 0.1) is 0 Å². The number of hydrogen-bond acceptors (Lipinski definition) is 4. The number of nitrogens with one attached hydrogen (secondary N) is 1. The van der Waals surface area contributed by atoms with Crippen molar-refractivity contribution in [3.63, 3.8) is 0 Å². The zero-order valence-electron chi connectivity index (χ0n) is 12.7. The monoisotopic (exact) mass is 271 g/mol. The molecule has 5 nitrogen and oxygen atoms in total. The number of piperidine rings is 1. The summed E-state index contributed by atoms with van der Waals surface area (Å²) in [5.41, 5.74) is 0. The summed E-state index contributed by atoms with van der Waals surface area (Å²) in [4.78, 5) is 16.1. The van der Waals surface area contributed by atoms with E-state index in [4.69, 9.17) is 4.74 Å². The van der Waals surface area contributed by atoms with Crippen LogP contribution >= 0.6 is 0 Å². The van der Waals surface area contributed by atoms with E-state index in [0.29, 0.717) is 0 Å². The number of carbonyl (C=O) groups is 1. The van der Waals surface area contributed by atoms with Crippen molar-refractivity contribution in [1.82, 2.24) is 15.1 Å². The van der Waals surface area contributed by atoms with Gasteiger partial charge >= 0.3 is 0 Å². The van der Waals surface area contributed by atoms with Crippen molar-refractivity contribution in [1.29, 1.82) is 0 Å². The van der Waals surface area contributed by atoms with Crippen LogP contribution in [0.3, 0.4) is 0 Å². The predicted molar refractivity (Wildman–Crippen MR) is 77.3 cm³/mol. The highest BCUT2D eigenvalue weighted by Crippen LogP contribution is 2.07. The van der Waals surface area contributed by atoms with E-state index in [1.165, 1.54) is 0 Å². The molecule has 1 saturated heterocycles.